The van der Waals surface area contributed by atoms with Gasteiger partial charge < -0.3 is 5.73 Å². The third-order valence-electron chi connectivity index (χ3n) is 1.78. The lowest BCUT2D eigenvalue weighted by Gasteiger charge is -1.99. The molecule has 5 nitrogen and oxygen atoms in total. The summed E-state index contributed by atoms with van der Waals surface area (Å²) in [7, 11) is 0. The topological polar surface area (TPSA) is 73.8 Å². The van der Waals surface area contributed by atoms with Crippen LogP contribution in [0.15, 0.2) is 30.5 Å². The third-order valence-corrected chi connectivity index (χ3v) is 1.99. The Morgan fingerprint density at radius 1 is 1.40 bits per heavy atom. The highest BCUT2D eigenvalue weighted by molar-refractivity contribution is 6.29. The molecule has 0 aromatic carbocycles. The maximum atomic E-state index is 10.8. The van der Waals surface area contributed by atoms with Gasteiger partial charge >= 0.3 is 0 Å². The molecule has 0 fully saturated rings. The van der Waals surface area contributed by atoms with Crippen LogP contribution in [0.1, 0.15) is 10.5 Å². The molecule has 2 heterocycles. The molecule has 0 bridgehead atoms. The lowest BCUT2D eigenvalue weighted by Crippen LogP contribution is -2.12. The van der Waals surface area contributed by atoms with E-state index in [4.69, 9.17) is 17.3 Å². The SMILES string of the molecule is NC(=O)c1ccn(-c2cccc(Cl)n2)n1. The number of aromatic nitrogens is 3. The van der Waals surface area contributed by atoms with Gasteiger partial charge in [0, 0.05) is 6.20 Å². The number of hydrogen-bond acceptors (Lipinski definition) is 3. The molecule has 0 aliphatic rings. The maximum absolute atomic E-state index is 10.8. The molecule has 2 aromatic heterocycles. The lowest BCUT2D eigenvalue weighted by molar-refractivity contribution is 0.0995. The number of amides is 1. The van der Waals surface area contributed by atoms with Gasteiger partial charge in [0.15, 0.2) is 5.82 Å². The normalized spacial score (nSPS) is 10.2. The summed E-state index contributed by atoms with van der Waals surface area (Å²) in [6.07, 6.45) is 1.60. The number of carbonyl (C=O) groups is 1. The highest BCUT2D eigenvalue weighted by Gasteiger charge is 2.06. The van der Waals surface area contributed by atoms with Crippen LogP contribution in [0.25, 0.3) is 5.82 Å². The van der Waals surface area contributed by atoms with Gasteiger partial charge in [-0.1, -0.05) is 17.7 Å². The molecule has 1 amide bonds. The zero-order valence-electron chi connectivity index (χ0n) is 7.59. The van der Waals surface area contributed by atoms with Crippen LogP contribution in [-0.2, 0) is 0 Å². The average molecular weight is 223 g/mol. The van der Waals surface area contributed by atoms with Gasteiger partial charge in [0.1, 0.15) is 10.8 Å². The lowest BCUT2D eigenvalue weighted by atomic mass is 10.4. The molecule has 76 valence electrons. The van der Waals surface area contributed by atoms with Gasteiger partial charge in [-0.05, 0) is 18.2 Å². The van der Waals surface area contributed by atoms with Gasteiger partial charge in [0.05, 0.1) is 0 Å². The van der Waals surface area contributed by atoms with Gasteiger partial charge in [0.2, 0.25) is 0 Å². The van der Waals surface area contributed by atoms with Crippen LogP contribution in [0.2, 0.25) is 5.15 Å². The summed E-state index contributed by atoms with van der Waals surface area (Å²) in [5.41, 5.74) is 5.27. The van der Waals surface area contributed by atoms with Gasteiger partial charge in [-0.2, -0.15) is 5.10 Å². The third kappa shape index (κ3) is 1.97. The summed E-state index contributed by atoms with van der Waals surface area (Å²) in [6.45, 7) is 0. The molecule has 6 heteroatoms. The summed E-state index contributed by atoms with van der Waals surface area (Å²) in [5.74, 6) is -0.0363. The van der Waals surface area contributed by atoms with E-state index in [-0.39, 0.29) is 5.69 Å². The van der Waals surface area contributed by atoms with E-state index in [2.05, 4.69) is 10.1 Å². The van der Waals surface area contributed by atoms with Crippen molar-refractivity contribution in [2.24, 2.45) is 5.73 Å². The Balaban J connectivity index is 2.41. The largest absolute Gasteiger partial charge is 0.364 e. The number of carbonyl (C=O) groups excluding carboxylic acids is 1. The Morgan fingerprint density at radius 2 is 2.20 bits per heavy atom. The van der Waals surface area contributed by atoms with E-state index in [1.54, 1.807) is 24.4 Å². The van der Waals surface area contributed by atoms with E-state index in [0.717, 1.165) is 0 Å². The van der Waals surface area contributed by atoms with Crippen molar-refractivity contribution in [1.82, 2.24) is 14.8 Å². The number of hydrogen-bond donors (Lipinski definition) is 1. The van der Waals surface area contributed by atoms with E-state index in [1.807, 2.05) is 0 Å². The average Bonchev–Trinajstić information content (AvgIpc) is 2.66. The predicted molar refractivity (Wildman–Crippen MR) is 54.9 cm³/mol. The van der Waals surface area contributed by atoms with Crippen molar-refractivity contribution in [3.63, 3.8) is 0 Å². The molecule has 15 heavy (non-hydrogen) atoms. The first-order chi connectivity index (χ1) is 7.16. The Morgan fingerprint density at radius 3 is 2.80 bits per heavy atom. The monoisotopic (exact) mass is 222 g/mol. The molecule has 0 saturated heterocycles. The number of nitrogens with two attached hydrogens (primary N) is 1. The second-order valence-corrected chi connectivity index (χ2v) is 3.22. The summed E-state index contributed by atoms with van der Waals surface area (Å²) in [4.78, 5) is 14.8. The molecule has 0 unspecified atom stereocenters. The zero-order valence-corrected chi connectivity index (χ0v) is 8.35. The molecular weight excluding hydrogens is 216 g/mol. The van der Waals surface area contributed by atoms with Crippen LogP contribution in [0.3, 0.4) is 0 Å². The maximum Gasteiger partial charge on any atom is 0.269 e. The Hall–Kier alpha value is -1.88. The van der Waals surface area contributed by atoms with Gasteiger partial charge in [-0.15, -0.1) is 0 Å². The van der Waals surface area contributed by atoms with Crippen molar-refractivity contribution in [2.75, 3.05) is 0 Å². The van der Waals surface area contributed by atoms with Crippen LogP contribution < -0.4 is 5.73 Å². The van der Waals surface area contributed by atoms with Crippen LogP contribution >= 0.6 is 11.6 Å². The van der Waals surface area contributed by atoms with E-state index in [9.17, 15) is 4.79 Å². The first-order valence-electron chi connectivity index (χ1n) is 4.15. The van der Waals surface area contributed by atoms with Crippen molar-refractivity contribution in [1.29, 1.82) is 0 Å². The van der Waals surface area contributed by atoms with Gasteiger partial charge in [-0.3, -0.25) is 4.79 Å². The quantitative estimate of drug-likeness (QED) is 0.771. The number of nitrogens with zero attached hydrogens (tertiary/aromatic N) is 3. The fourth-order valence-electron chi connectivity index (χ4n) is 1.11. The first kappa shape index (κ1) is 9.67. The van der Waals surface area contributed by atoms with Crippen LogP contribution in [0.4, 0.5) is 0 Å². The number of primary amides is 1. The predicted octanol–water partition coefficient (Wildman–Crippen LogP) is 1.02. The summed E-state index contributed by atoms with van der Waals surface area (Å²) >= 11 is 5.72. The Bertz CT molecular complexity index is 508. The second-order valence-electron chi connectivity index (χ2n) is 2.83. The second kappa shape index (κ2) is 3.70. The molecular formula is C9H7ClN4O. The van der Waals surface area contributed by atoms with E-state index in [1.165, 1.54) is 10.7 Å². The first-order valence-corrected chi connectivity index (χ1v) is 4.53. The van der Waals surface area contributed by atoms with Crippen molar-refractivity contribution in [3.8, 4) is 5.82 Å². The highest BCUT2D eigenvalue weighted by atomic mass is 35.5. The van der Waals surface area contributed by atoms with Crippen LogP contribution in [0.5, 0.6) is 0 Å². The minimum Gasteiger partial charge on any atom is -0.364 e. The van der Waals surface area contributed by atoms with E-state index < -0.39 is 5.91 Å². The van der Waals surface area contributed by atoms with Crippen molar-refractivity contribution < 1.29 is 4.79 Å². The Labute approximate surface area is 90.5 Å². The highest BCUT2D eigenvalue weighted by Crippen LogP contribution is 2.09. The standard InChI is InChI=1S/C9H7ClN4O/c10-7-2-1-3-8(12-7)14-5-4-6(13-14)9(11)15/h1-5H,(H2,11,15). The van der Waals surface area contributed by atoms with Crippen LogP contribution in [0, 0.1) is 0 Å². The molecule has 0 aliphatic heterocycles. The number of rotatable bonds is 2. The molecule has 0 spiro atoms. The van der Waals surface area contributed by atoms with Crippen molar-refractivity contribution >= 4 is 17.5 Å². The molecule has 0 aliphatic carbocycles. The Kier molecular flexibility index (Phi) is 2.39. The molecule has 0 saturated carbocycles. The zero-order chi connectivity index (χ0) is 10.8. The van der Waals surface area contributed by atoms with E-state index in [0.29, 0.717) is 11.0 Å². The molecule has 2 N–H and O–H groups in total. The summed E-state index contributed by atoms with van der Waals surface area (Å²) < 4.78 is 1.44. The molecule has 0 radical (unpaired) electrons. The van der Waals surface area contributed by atoms with Crippen LogP contribution in [-0.4, -0.2) is 20.7 Å². The molecule has 2 aromatic rings. The van der Waals surface area contributed by atoms with E-state index >= 15 is 0 Å². The smallest absolute Gasteiger partial charge is 0.269 e. The molecule has 2 rings (SSSR count). The fourth-order valence-corrected chi connectivity index (χ4v) is 1.27. The van der Waals surface area contributed by atoms with Gasteiger partial charge in [-0.25, -0.2) is 9.67 Å². The number of halogens is 1. The summed E-state index contributed by atoms with van der Waals surface area (Å²) in [6, 6.07) is 6.65. The fraction of sp³-hybridized carbons (Fsp3) is 0. The minimum atomic E-state index is -0.573. The van der Waals surface area contributed by atoms with Crippen molar-refractivity contribution in [2.45, 2.75) is 0 Å². The molecule has 0 atom stereocenters. The van der Waals surface area contributed by atoms with Gasteiger partial charge in [0.25, 0.3) is 5.91 Å². The summed E-state index contributed by atoms with van der Waals surface area (Å²) in [5, 5.41) is 4.31. The number of pyridine rings is 1. The van der Waals surface area contributed by atoms with Crippen molar-refractivity contribution in [3.05, 3.63) is 41.3 Å². The minimum absolute atomic E-state index is 0.191.